The molecule has 0 saturated carbocycles. The van der Waals surface area contributed by atoms with Gasteiger partial charge in [0.15, 0.2) is 0 Å². The number of hydrogen-bond acceptors (Lipinski definition) is 2. The lowest BCUT2D eigenvalue weighted by molar-refractivity contribution is 0.0691. The predicted octanol–water partition coefficient (Wildman–Crippen LogP) is 4.79. The maximum absolute atomic E-state index is 13.5. The third-order valence-corrected chi connectivity index (χ3v) is 5.27. The summed E-state index contributed by atoms with van der Waals surface area (Å²) in [6, 6.07) is 24.3. The minimum absolute atomic E-state index is 0.00697. The van der Waals surface area contributed by atoms with Crippen molar-refractivity contribution in [3.63, 3.8) is 0 Å². The predicted molar refractivity (Wildman–Crippen MR) is 107 cm³/mol. The summed E-state index contributed by atoms with van der Waals surface area (Å²) in [5.74, 6) is 0.622. The Labute approximate surface area is 160 Å². The van der Waals surface area contributed by atoms with Gasteiger partial charge in [0.05, 0.1) is 18.7 Å². The van der Waals surface area contributed by atoms with Gasteiger partial charge in [-0.3, -0.25) is 4.79 Å². The highest BCUT2D eigenvalue weighted by atomic mass is 16.5. The monoisotopic (exact) mass is 357 g/mol. The summed E-state index contributed by atoms with van der Waals surface area (Å²) < 4.78 is 5.44. The van der Waals surface area contributed by atoms with Crippen molar-refractivity contribution in [3.8, 4) is 5.75 Å². The number of ether oxygens (including phenoxy) is 1. The zero-order valence-corrected chi connectivity index (χ0v) is 15.7. The molecule has 3 nitrogen and oxygen atoms in total. The molecule has 1 atom stereocenters. The summed E-state index contributed by atoms with van der Waals surface area (Å²) in [4.78, 5) is 15.5. The lowest BCUT2D eigenvalue weighted by Gasteiger charge is -2.38. The quantitative estimate of drug-likeness (QED) is 0.674. The number of rotatable bonds is 3. The standard InChI is InChI=1S/C24H23NO2/c1-17-11-13-19(14-12-17)23-20-8-4-3-7-18(20)15-16-25(23)24(26)21-9-5-6-10-22(21)27-2/h3-14,23H,15-16H2,1-2H3. The molecule has 0 aromatic heterocycles. The molecule has 1 heterocycles. The summed E-state index contributed by atoms with van der Waals surface area (Å²) in [6.45, 7) is 2.77. The molecule has 1 aliphatic heterocycles. The second-order valence-electron chi connectivity index (χ2n) is 6.96. The fourth-order valence-corrected chi connectivity index (χ4v) is 3.87. The minimum atomic E-state index is -0.0898. The van der Waals surface area contributed by atoms with Crippen LogP contribution < -0.4 is 4.74 Å². The Bertz CT molecular complexity index is 962. The number of hydrogen-bond donors (Lipinski definition) is 0. The number of nitrogens with zero attached hydrogens (tertiary/aromatic N) is 1. The summed E-state index contributed by atoms with van der Waals surface area (Å²) >= 11 is 0. The lowest BCUT2D eigenvalue weighted by atomic mass is 9.87. The second-order valence-corrected chi connectivity index (χ2v) is 6.96. The van der Waals surface area contributed by atoms with Gasteiger partial charge < -0.3 is 9.64 Å². The number of carbonyl (C=O) groups is 1. The van der Waals surface area contributed by atoms with Crippen molar-refractivity contribution in [2.24, 2.45) is 0 Å². The average Bonchev–Trinajstić information content (AvgIpc) is 2.73. The minimum Gasteiger partial charge on any atom is -0.496 e. The molecule has 3 heteroatoms. The van der Waals surface area contributed by atoms with Crippen LogP contribution in [0.3, 0.4) is 0 Å². The summed E-state index contributed by atoms with van der Waals surface area (Å²) in [5.41, 5.74) is 5.47. The van der Waals surface area contributed by atoms with E-state index in [9.17, 15) is 4.79 Å². The Morgan fingerprint density at radius 2 is 1.67 bits per heavy atom. The first-order valence-corrected chi connectivity index (χ1v) is 9.27. The van der Waals surface area contributed by atoms with E-state index >= 15 is 0 Å². The Morgan fingerprint density at radius 1 is 0.963 bits per heavy atom. The lowest BCUT2D eigenvalue weighted by Crippen LogP contribution is -2.40. The van der Waals surface area contributed by atoms with Gasteiger partial charge in [0.2, 0.25) is 0 Å². The van der Waals surface area contributed by atoms with Crippen LogP contribution >= 0.6 is 0 Å². The summed E-state index contributed by atoms with van der Waals surface area (Å²) in [5, 5.41) is 0. The van der Waals surface area contributed by atoms with Crippen molar-refractivity contribution in [2.45, 2.75) is 19.4 Å². The maximum Gasteiger partial charge on any atom is 0.258 e. The van der Waals surface area contributed by atoms with Crippen LogP contribution in [0.1, 0.15) is 38.7 Å². The molecule has 0 N–H and O–H groups in total. The molecule has 0 radical (unpaired) electrons. The molecule has 0 aliphatic carbocycles. The van der Waals surface area contributed by atoms with Gasteiger partial charge in [-0.05, 0) is 42.2 Å². The summed E-state index contributed by atoms with van der Waals surface area (Å²) in [7, 11) is 1.61. The van der Waals surface area contributed by atoms with Crippen LogP contribution in [0.2, 0.25) is 0 Å². The van der Waals surface area contributed by atoms with Crippen LogP contribution in [0.25, 0.3) is 0 Å². The van der Waals surface area contributed by atoms with Gasteiger partial charge in [-0.1, -0.05) is 66.2 Å². The first-order valence-electron chi connectivity index (χ1n) is 9.27. The largest absolute Gasteiger partial charge is 0.496 e. The van der Waals surface area contributed by atoms with E-state index in [1.165, 1.54) is 16.7 Å². The van der Waals surface area contributed by atoms with Crippen LogP contribution in [0, 0.1) is 6.92 Å². The highest BCUT2D eigenvalue weighted by Gasteiger charge is 2.33. The molecular weight excluding hydrogens is 334 g/mol. The fourth-order valence-electron chi connectivity index (χ4n) is 3.87. The molecule has 0 saturated heterocycles. The van der Waals surface area contributed by atoms with Crippen molar-refractivity contribution < 1.29 is 9.53 Å². The molecule has 1 aliphatic rings. The number of carbonyl (C=O) groups excluding carboxylic acids is 1. The molecule has 0 fully saturated rings. The first-order chi connectivity index (χ1) is 13.2. The maximum atomic E-state index is 13.5. The number of benzene rings is 3. The van der Waals surface area contributed by atoms with Crippen molar-refractivity contribution in [1.29, 1.82) is 0 Å². The topological polar surface area (TPSA) is 29.5 Å². The van der Waals surface area contributed by atoms with E-state index in [0.717, 1.165) is 12.0 Å². The van der Waals surface area contributed by atoms with E-state index in [-0.39, 0.29) is 11.9 Å². The number of aryl methyl sites for hydroxylation is 1. The van der Waals surface area contributed by atoms with Crippen LogP contribution in [0.4, 0.5) is 0 Å². The number of amides is 1. The van der Waals surface area contributed by atoms with Gasteiger partial charge in [-0.15, -0.1) is 0 Å². The van der Waals surface area contributed by atoms with Gasteiger partial charge in [0.25, 0.3) is 5.91 Å². The van der Waals surface area contributed by atoms with Crippen LogP contribution in [-0.2, 0) is 6.42 Å². The van der Waals surface area contributed by atoms with E-state index in [1.807, 2.05) is 29.2 Å². The zero-order chi connectivity index (χ0) is 18.8. The van der Waals surface area contributed by atoms with Gasteiger partial charge >= 0.3 is 0 Å². The van der Waals surface area contributed by atoms with Gasteiger partial charge in [0, 0.05) is 6.54 Å². The third-order valence-electron chi connectivity index (χ3n) is 5.27. The Balaban J connectivity index is 1.81. The molecule has 3 aromatic rings. The Kier molecular flexibility index (Phi) is 4.68. The number of fused-ring (bicyclic) bond motifs is 1. The highest BCUT2D eigenvalue weighted by Crippen LogP contribution is 2.37. The van der Waals surface area contributed by atoms with Gasteiger partial charge in [-0.2, -0.15) is 0 Å². The van der Waals surface area contributed by atoms with E-state index in [2.05, 4.69) is 55.5 Å². The zero-order valence-electron chi connectivity index (χ0n) is 15.7. The first kappa shape index (κ1) is 17.3. The molecule has 1 amide bonds. The van der Waals surface area contributed by atoms with E-state index in [1.54, 1.807) is 7.11 Å². The molecule has 0 spiro atoms. The highest BCUT2D eigenvalue weighted by molar-refractivity contribution is 5.97. The normalized spacial score (nSPS) is 15.9. The molecule has 1 unspecified atom stereocenters. The van der Waals surface area contributed by atoms with Crippen molar-refractivity contribution in [3.05, 3.63) is 101 Å². The van der Waals surface area contributed by atoms with Gasteiger partial charge in [0.1, 0.15) is 5.75 Å². The second kappa shape index (κ2) is 7.28. The molecule has 3 aromatic carbocycles. The van der Waals surface area contributed by atoms with E-state index in [4.69, 9.17) is 4.74 Å². The van der Waals surface area contributed by atoms with Gasteiger partial charge in [-0.25, -0.2) is 0 Å². The van der Waals surface area contributed by atoms with Crippen LogP contribution in [-0.4, -0.2) is 24.5 Å². The van der Waals surface area contributed by atoms with Crippen molar-refractivity contribution in [1.82, 2.24) is 4.90 Å². The van der Waals surface area contributed by atoms with E-state index in [0.29, 0.717) is 17.9 Å². The Morgan fingerprint density at radius 3 is 2.44 bits per heavy atom. The smallest absolute Gasteiger partial charge is 0.258 e. The summed E-state index contributed by atoms with van der Waals surface area (Å²) in [6.07, 6.45) is 0.861. The number of para-hydroxylation sites is 1. The van der Waals surface area contributed by atoms with E-state index < -0.39 is 0 Å². The molecule has 0 bridgehead atoms. The fraction of sp³-hybridized carbons (Fsp3) is 0.208. The van der Waals surface area contributed by atoms with Crippen LogP contribution in [0.15, 0.2) is 72.8 Å². The van der Waals surface area contributed by atoms with Crippen molar-refractivity contribution >= 4 is 5.91 Å². The molecule has 27 heavy (non-hydrogen) atoms. The third kappa shape index (κ3) is 3.21. The van der Waals surface area contributed by atoms with Crippen molar-refractivity contribution in [2.75, 3.05) is 13.7 Å². The van der Waals surface area contributed by atoms with Crippen LogP contribution in [0.5, 0.6) is 5.75 Å². The number of methoxy groups -OCH3 is 1. The molecule has 136 valence electrons. The molecule has 4 rings (SSSR count). The SMILES string of the molecule is COc1ccccc1C(=O)N1CCc2ccccc2C1c1ccc(C)cc1. The average molecular weight is 357 g/mol. The Hall–Kier alpha value is -3.07. The molecular formula is C24H23NO2.